The first-order valence-corrected chi connectivity index (χ1v) is 16.1. The van der Waals surface area contributed by atoms with Crippen LogP contribution in [0.2, 0.25) is 0 Å². The van der Waals surface area contributed by atoms with Crippen LogP contribution in [0, 0.1) is 0 Å². The van der Waals surface area contributed by atoms with Crippen molar-refractivity contribution in [1.29, 1.82) is 0 Å². The summed E-state index contributed by atoms with van der Waals surface area (Å²) >= 11 is 0. The number of amides is 4. The van der Waals surface area contributed by atoms with E-state index in [1.165, 1.54) is 0 Å². The summed E-state index contributed by atoms with van der Waals surface area (Å²) in [5.74, 6) is 0.170. The minimum absolute atomic E-state index is 0.0612. The standard InChI is InChI=1S/C36H47N5O7/c1-36(2,39-20-29(44)23-43)18-33(45)40-32-17-28-16-30(48-3)13-12-27(28)22-41(34(32)46)21-24-8-10-25(11-9-24)31-7-5-4-6-26(31)19-38-35(47)37-14-15-42/h4-13,16,29,32,39,42-44H,14-15,17-23H2,1-3H3,(H,40,45)(H2,37,38,47)/t29-,32+/m0/s1. The lowest BCUT2D eigenvalue weighted by molar-refractivity contribution is -0.137. The summed E-state index contributed by atoms with van der Waals surface area (Å²) in [6, 6.07) is 20.3. The third-order valence-corrected chi connectivity index (χ3v) is 8.27. The average Bonchev–Trinajstić information content (AvgIpc) is 3.20. The molecule has 1 heterocycles. The normalized spacial score (nSPS) is 15.2. The first-order chi connectivity index (χ1) is 23.0. The van der Waals surface area contributed by atoms with Crippen molar-refractivity contribution in [1.82, 2.24) is 26.2 Å². The van der Waals surface area contributed by atoms with Gasteiger partial charge in [0.15, 0.2) is 0 Å². The molecule has 0 fully saturated rings. The molecule has 12 heteroatoms. The van der Waals surface area contributed by atoms with Gasteiger partial charge in [0.25, 0.3) is 0 Å². The van der Waals surface area contributed by atoms with Crippen LogP contribution in [0.1, 0.15) is 42.5 Å². The molecule has 1 aliphatic heterocycles. The van der Waals surface area contributed by atoms with Gasteiger partial charge in [-0.3, -0.25) is 9.59 Å². The van der Waals surface area contributed by atoms with Crippen molar-refractivity contribution < 1.29 is 34.4 Å². The lowest BCUT2D eigenvalue weighted by Gasteiger charge is -2.29. The highest BCUT2D eigenvalue weighted by molar-refractivity contribution is 5.89. The van der Waals surface area contributed by atoms with Crippen molar-refractivity contribution in [2.45, 2.75) is 64.0 Å². The number of β-amino-alcohol motifs (C(OH)–C–C–N with tert-alkyl or cyclic N) is 1. The Bertz CT molecular complexity index is 1550. The molecule has 0 saturated carbocycles. The molecule has 258 valence electrons. The van der Waals surface area contributed by atoms with Gasteiger partial charge < -0.3 is 46.2 Å². The molecule has 0 radical (unpaired) electrons. The Hall–Kier alpha value is -4.49. The van der Waals surface area contributed by atoms with Crippen molar-refractivity contribution in [3.05, 3.63) is 89.0 Å². The maximum Gasteiger partial charge on any atom is 0.315 e. The number of nitrogens with zero attached hydrogens (tertiary/aromatic N) is 1. The molecular formula is C36H47N5O7. The molecule has 3 aromatic rings. The number of hydrogen-bond acceptors (Lipinski definition) is 8. The van der Waals surface area contributed by atoms with E-state index in [9.17, 15) is 19.5 Å². The monoisotopic (exact) mass is 661 g/mol. The summed E-state index contributed by atoms with van der Waals surface area (Å²) < 4.78 is 5.44. The SMILES string of the molecule is COc1ccc2c(c1)C[C@@H](NC(=O)CC(C)(C)NC[C@H](O)CO)C(=O)N(Cc1ccc(-c3ccccc3CNC(=O)NCCO)cc1)C2. The number of fused-ring (bicyclic) bond motifs is 1. The van der Waals surface area contributed by atoms with E-state index in [1.807, 2.05) is 80.6 Å². The number of benzene rings is 3. The number of hydrogen-bond donors (Lipinski definition) is 7. The Balaban J connectivity index is 1.50. The minimum Gasteiger partial charge on any atom is -0.497 e. The number of aliphatic hydroxyl groups excluding tert-OH is 3. The number of carbonyl (C=O) groups excluding carboxylic acids is 3. The molecule has 0 unspecified atom stereocenters. The summed E-state index contributed by atoms with van der Waals surface area (Å²) in [6.45, 7) is 4.45. The van der Waals surface area contributed by atoms with Gasteiger partial charge in [-0.05, 0) is 59.4 Å². The van der Waals surface area contributed by atoms with Gasteiger partial charge in [0.05, 0.1) is 26.4 Å². The molecule has 0 bridgehead atoms. The van der Waals surface area contributed by atoms with Crippen LogP contribution in [0.3, 0.4) is 0 Å². The molecule has 2 atom stereocenters. The Kier molecular flexibility index (Phi) is 12.9. The summed E-state index contributed by atoms with van der Waals surface area (Å²) in [4.78, 5) is 41.0. The maximum atomic E-state index is 14.0. The Morgan fingerprint density at radius 2 is 1.77 bits per heavy atom. The highest BCUT2D eigenvalue weighted by Gasteiger charge is 2.32. The van der Waals surface area contributed by atoms with Crippen LogP contribution in [0.4, 0.5) is 4.79 Å². The van der Waals surface area contributed by atoms with E-state index in [4.69, 9.17) is 14.9 Å². The second-order valence-electron chi connectivity index (χ2n) is 12.6. The highest BCUT2D eigenvalue weighted by Crippen LogP contribution is 2.28. The number of methoxy groups -OCH3 is 1. The van der Waals surface area contributed by atoms with Gasteiger partial charge in [-0.2, -0.15) is 0 Å². The van der Waals surface area contributed by atoms with E-state index in [0.29, 0.717) is 31.8 Å². The molecule has 12 nitrogen and oxygen atoms in total. The largest absolute Gasteiger partial charge is 0.497 e. The quantitative estimate of drug-likeness (QED) is 0.129. The van der Waals surface area contributed by atoms with E-state index in [-0.39, 0.29) is 50.6 Å². The van der Waals surface area contributed by atoms with E-state index in [0.717, 1.165) is 33.4 Å². The number of carbonyl (C=O) groups is 3. The topological polar surface area (TPSA) is 172 Å². The molecule has 7 N–H and O–H groups in total. The Morgan fingerprint density at radius 1 is 1.02 bits per heavy atom. The van der Waals surface area contributed by atoms with E-state index in [2.05, 4.69) is 21.3 Å². The Morgan fingerprint density at radius 3 is 2.48 bits per heavy atom. The number of urea groups is 1. The first-order valence-electron chi connectivity index (χ1n) is 16.1. The zero-order chi connectivity index (χ0) is 34.7. The molecule has 4 rings (SSSR count). The second-order valence-corrected chi connectivity index (χ2v) is 12.6. The molecule has 0 saturated heterocycles. The highest BCUT2D eigenvalue weighted by atomic mass is 16.5. The fourth-order valence-corrected chi connectivity index (χ4v) is 5.67. The summed E-state index contributed by atoms with van der Waals surface area (Å²) in [6.07, 6.45) is -0.564. The third-order valence-electron chi connectivity index (χ3n) is 8.27. The van der Waals surface area contributed by atoms with E-state index in [1.54, 1.807) is 12.0 Å². The van der Waals surface area contributed by atoms with Gasteiger partial charge in [-0.15, -0.1) is 0 Å². The fourth-order valence-electron chi connectivity index (χ4n) is 5.67. The predicted octanol–water partition coefficient (Wildman–Crippen LogP) is 1.83. The van der Waals surface area contributed by atoms with E-state index >= 15 is 0 Å². The zero-order valence-corrected chi connectivity index (χ0v) is 27.8. The van der Waals surface area contributed by atoms with Gasteiger partial charge in [0, 0.05) is 51.1 Å². The maximum absolute atomic E-state index is 14.0. The molecule has 1 aliphatic rings. The van der Waals surface area contributed by atoms with Crippen LogP contribution < -0.4 is 26.0 Å². The summed E-state index contributed by atoms with van der Waals surface area (Å²) in [7, 11) is 1.59. The molecular weight excluding hydrogens is 614 g/mol. The number of nitrogens with one attached hydrogen (secondary N) is 4. The summed E-state index contributed by atoms with van der Waals surface area (Å²) in [5.41, 5.74) is 4.98. The number of rotatable bonds is 15. The van der Waals surface area contributed by atoms with Crippen LogP contribution >= 0.6 is 0 Å². The van der Waals surface area contributed by atoms with E-state index < -0.39 is 17.7 Å². The first kappa shape index (κ1) is 36.3. The van der Waals surface area contributed by atoms with Crippen LogP contribution in [-0.4, -0.2) is 89.2 Å². The number of aliphatic hydroxyl groups is 3. The van der Waals surface area contributed by atoms with Crippen LogP contribution in [-0.2, 0) is 35.6 Å². The second kappa shape index (κ2) is 17.1. The van der Waals surface area contributed by atoms with Gasteiger partial charge in [0.2, 0.25) is 11.8 Å². The van der Waals surface area contributed by atoms with Crippen molar-refractivity contribution >= 4 is 17.8 Å². The molecule has 4 amide bonds. The van der Waals surface area contributed by atoms with Gasteiger partial charge in [0.1, 0.15) is 11.8 Å². The predicted molar refractivity (Wildman–Crippen MR) is 182 cm³/mol. The number of ether oxygens (including phenoxy) is 1. The van der Waals surface area contributed by atoms with Gasteiger partial charge in [-0.1, -0.05) is 54.6 Å². The van der Waals surface area contributed by atoms with Gasteiger partial charge >= 0.3 is 6.03 Å². The van der Waals surface area contributed by atoms with Crippen molar-refractivity contribution in [3.8, 4) is 16.9 Å². The lowest BCUT2D eigenvalue weighted by atomic mass is 9.98. The van der Waals surface area contributed by atoms with Crippen molar-refractivity contribution in [3.63, 3.8) is 0 Å². The molecule has 0 spiro atoms. The molecule has 0 aliphatic carbocycles. The van der Waals surface area contributed by atoms with Crippen LogP contribution in [0.25, 0.3) is 11.1 Å². The molecule has 0 aromatic heterocycles. The summed E-state index contributed by atoms with van der Waals surface area (Å²) in [5, 5.41) is 39.2. The molecule has 48 heavy (non-hydrogen) atoms. The van der Waals surface area contributed by atoms with Gasteiger partial charge in [-0.25, -0.2) is 4.79 Å². The van der Waals surface area contributed by atoms with Crippen LogP contribution in [0.15, 0.2) is 66.7 Å². The molecule has 3 aromatic carbocycles. The minimum atomic E-state index is -0.937. The van der Waals surface area contributed by atoms with Crippen LogP contribution in [0.5, 0.6) is 5.75 Å². The van der Waals surface area contributed by atoms with Crippen molar-refractivity contribution in [2.75, 3.05) is 33.4 Å². The third kappa shape index (κ3) is 10.3. The smallest absolute Gasteiger partial charge is 0.315 e. The average molecular weight is 662 g/mol. The lowest BCUT2D eigenvalue weighted by Crippen LogP contribution is -2.51. The van der Waals surface area contributed by atoms with Crippen molar-refractivity contribution in [2.24, 2.45) is 0 Å². The fraction of sp³-hybridized carbons (Fsp3) is 0.417. The Labute approximate surface area is 281 Å². The zero-order valence-electron chi connectivity index (χ0n) is 27.8.